The van der Waals surface area contributed by atoms with E-state index in [9.17, 15) is 4.79 Å². The molecule has 1 heterocycles. The summed E-state index contributed by atoms with van der Waals surface area (Å²) in [6.07, 6.45) is 4.60. The summed E-state index contributed by atoms with van der Waals surface area (Å²) >= 11 is 0. The maximum absolute atomic E-state index is 11.1. The Balaban J connectivity index is 2.24. The summed E-state index contributed by atoms with van der Waals surface area (Å²) < 4.78 is 5.05. The van der Waals surface area contributed by atoms with E-state index in [2.05, 4.69) is 9.97 Å². The van der Waals surface area contributed by atoms with Gasteiger partial charge >= 0.3 is 5.97 Å². The van der Waals surface area contributed by atoms with Crippen LogP contribution in [0.4, 0.5) is 0 Å². The number of esters is 1. The minimum Gasteiger partial charge on any atom is -0.423 e. The number of rotatable bonds is 2. The molecule has 1 N–H and O–H groups in total. The van der Waals surface area contributed by atoms with E-state index in [-0.39, 0.29) is 5.97 Å². The van der Waals surface area contributed by atoms with E-state index >= 15 is 0 Å². The second-order valence-corrected chi connectivity index (χ2v) is 3.00. The van der Waals surface area contributed by atoms with Gasteiger partial charge in [-0.2, -0.15) is 0 Å². The van der Waals surface area contributed by atoms with Crippen molar-refractivity contribution in [1.82, 2.24) is 9.97 Å². The number of allylic oxidation sites excluding steroid dienone is 1. The van der Waals surface area contributed by atoms with E-state index in [1.807, 2.05) is 6.07 Å². The number of ether oxygens (including phenoxy) is 1. The third-order valence-electron chi connectivity index (χ3n) is 1.91. The third kappa shape index (κ3) is 2.04. The molecular weight excluding hydrogens is 192 g/mol. The molecule has 15 heavy (non-hydrogen) atoms. The lowest BCUT2D eigenvalue weighted by molar-refractivity contribution is -0.128. The van der Waals surface area contributed by atoms with Gasteiger partial charge in [0.2, 0.25) is 0 Å². The van der Waals surface area contributed by atoms with Gasteiger partial charge in [-0.3, -0.25) is 0 Å². The average molecular weight is 202 g/mol. The minimum absolute atomic E-state index is 0.382. The number of H-pyrrole nitrogens is 1. The second-order valence-electron chi connectivity index (χ2n) is 3.00. The normalized spacial score (nSPS) is 11.0. The van der Waals surface area contributed by atoms with Crippen molar-refractivity contribution in [3.63, 3.8) is 0 Å². The highest BCUT2D eigenvalue weighted by molar-refractivity contribution is 5.85. The van der Waals surface area contributed by atoms with Crippen LogP contribution in [0.5, 0.6) is 5.75 Å². The molecule has 2 aromatic rings. The predicted octanol–water partition coefficient (Wildman–Crippen LogP) is 2.04. The Morgan fingerprint density at radius 3 is 3.20 bits per heavy atom. The average Bonchev–Trinajstić information content (AvgIpc) is 2.65. The van der Waals surface area contributed by atoms with E-state index in [0.29, 0.717) is 5.75 Å². The molecule has 0 unspecified atom stereocenters. The quantitative estimate of drug-likeness (QED) is 0.460. The number of aromatic amines is 1. The van der Waals surface area contributed by atoms with Crippen LogP contribution in [0.3, 0.4) is 0 Å². The van der Waals surface area contributed by atoms with Crippen LogP contribution in [0.25, 0.3) is 11.0 Å². The van der Waals surface area contributed by atoms with Crippen LogP contribution in [0.15, 0.2) is 36.7 Å². The molecule has 4 heteroatoms. The number of carbonyl (C=O) groups excluding carboxylic acids is 1. The molecule has 0 fully saturated rings. The first-order valence-electron chi connectivity index (χ1n) is 4.57. The molecule has 0 spiro atoms. The van der Waals surface area contributed by atoms with Crippen LogP contribution in [0.1, 0.15) is 6.92 Å². The molecule has 2 rings (SSSR count). The molecule has 1 aromatic carbocycles. The number of imidazole rings is 1. The van der Waals surface area contributed by atoms with Crippen LogP contribution in [0, 0.1) is 0 Å². The Kier molecular flexibility index (Phi) is 2.49. The molecule has 0 radical (unpaired) electrons. The Labute approximate surface area is 86.6 Å². The van der Waals surface area contributed by atoms with Gasteiger partial charge in [0.1, 0.15) is 5.75 Å². The lowest BCUT2D eigenvalue weighted by atomic mass is 10.3. The summed E-state index contributed by atoms with van der Waals surface area (Å²) in [5.41, 5.74) is 1.70. The first-order valence-corrected chi connectivity index (χ1v) is 4.57. The molecular formula is C11H10N2O2. The lowest BCUT2D eigenvalue weighted by Gasteiger charge is -2.00. The van der Waals surface area contributed by atoms with Crippen molar-refractivity contribution < 1.29 is 9.53 Å². The van der Waals surface area contributed by atoms with Gasteiger partial charge in [0.05, 0.1) is 17.4 Å². The first kappa shape index (κ1) is 9.45. The molecule has 76 valence electrons. The van der Waals surface area contributed by atoms with Crippen molar-refractivity contribution in [3.8, 4) is 5.75 Å². The van der Waals surface area contributed by atoms with E-state index < -0.39 is 0 Å². The Hall–Kier alpha value is -2.10. The van der Waals surface area contributed by atoms with Gasteiger partial charge in [0.25, 0.3) is 0 Å². The van der Waals surface area contributed by atoms with E-state index in [1.165, 1.54) is 6.08 Å². The topological polar surface area (TPSA) is 55.0 Å². The van der Waals surface area contributed by atoms with Gasteiger partial charge in [0.15, 0.2) is 0 Å². The Morgan fingerprint density at radius 1 is 1.53 bits per heavy atom. The van der Waals surface area contributed by atoms with Crippen molar-refractivity contribution >= 4 is 17.0 Å². The maximum Gasteiger partial charge on any atom is 0.335 e. The van der Waals surface area contributed by atoms with E-state index in [4.69, 9.17) is 4.74 Å². The summed E-state index contributed by atoms with van der Waals surface area (Å²) in [5.74, 6) is 0.116. The van der Waals surface area contributed by atoms with Crippen molar-refractivity contribution in [2.75, 3.05) is 0 Å². The van der Waals surface area contributed by atoms with E-state index in [1.54, 1.807) is 31.5 Å². The zero-order valence-corrected chi connectivity index (χ0v) is 8.23. The maximum atomic E-state index is 11.1. The smallest absolute Gasteiger partial charge is 0.335 e. The molecule has 0 saturated heterocycles. The molecule has 0 aliphatic carbocycles. The Morgan fingerprint density at radius 2 is 2.40 bits per heavy atom. The molecule has 4 nitrogen and oxygen atoms in total. The summed E-state index contributed by atoms with van der Waals surface area (Å²) in [5, 5.41) is 0. The molecule has 0 bridgehead atoms. The first-order chi connectivity index (χ1) is 7.29. The lowest BCUT2D eigenvalue weighted by Crippen LogP contribution is -2.03. The van der Waals surface area contributed by atoms with Gasteiger partial charge in [-0.15, -0.1) is 0 Å². The molecule has 0 atom stereocenters. The highest BCUT2D eigenvalue weighted by Crippen LogP contribution is 2.17. The molecule has 0 aliphatic heterocycles. The number of carbonyl (C=O) groups is 1. The SMILES string of the molecule is C/C=C\C(=O)Oc1ccc2[nH]cnc2c1. The molecule has 0 aliphatic rings. The number of fused-ring (bicyclic) bond motifs is 1. The fourth-order valence-corrected chi connectivity index (χ4v) is 1.26. The summed E-state index contributed by atoms with van der Waals surface area (Å²) in [4.78, 5) is 18.2. The van der Waals surface area contributed by atoms with Crippen molar-refractivity contribution in [3.05, 3.63) is 36.7 Å². The summed E-state index contributed by atoms with van der Waals surface area (Å²) in [7, 11) is 0. The zero-order valence-electron chi connectivity index (χ0n) is 8.23. The van der Waals surface area contributed by atoms with Gasteiger partial charge in [0, 0.05) is 12.1 Å². The summed E-state index contributed by atoms with van der Waals surface area (Å²) in [6, 6.07) is 5.26. The minimum atomic E-state index is -0.382. The standard InChI is InChI=1S/C11H10N2O2/c1-2-3-11(14)15-8-4-5-9-10(6-8)13-7-12-9/h2-7H,1H3,(H,12,13)/b3-2-. The second kappa shape index (κ2) is 3.96. The predicted molar refractivity (Wildman–Crippen MR) is 56.5 cm³/mol. The van der Waals surface area contributed by atoms with Crippen LogP contribution in [-0.4, -0.2) is 15.9 Å². The number of nitrogens with zero attached hydrogens (tertiary/aromatic N) is 1. The van der Waals surface area contributed by atoms with Crippen molar-refractivity contribution in [2.45, 2.75) is 6.92 Å². The summed E-state index contributed by atoms with van der Waals surface area (Å²) in [6.45, 7) is 1.76. The fourth-order valence-electron chi connectivity index (χ4n) is 1.26. The highest BCUT2D eigenvalue weighted by atomic mass is 16.5. The zero-order chi connectivity index (χ0) is 10.7. The van der Waals surface area contributed by atoms with Gasteiger partial charge in [-0.25, -0.2) is 9.78 Å². The largest absolute Gasteiger partial charge is 0.423 e. The van der Waals surface area contributed by atoms with Gasteiger partial charge in [-0.1, -0.05) is 6.08 Å². The molecule has 0 saturated carbocycles. The van der Waals surface area contributed by atoms with Crippen LogP contribution >= 0.6 is 0 Å². The van der Waals surface area contributed by atoms with Crippen LogP contribution < -0.4 is 4.74 Å². The molecule has 1 aromatic heterocycles. The van der Waals surface area contributed by atoms with Crippen LogP contribution in [0.2, 0.25) is 0 Å². The number of aromatic nitrogens is 2. The third-order valence-corrected chi connectivity index (χ3v) is 1.91. The number of nitrogens with one attached hydrogen (secondary N) is 1. The fraction of sp³-hybridized carbons (Fsp3) is 0.0909. The van der Waals surface area contributed by atoms with Crippen LogP contribution in [-0.2, 0) is 4.79 Å². The monoisotopic (exact) mass is 202 g/mol. The number of benzene rings is 1. The van der Waals surface area contributed by atoms with Crippen molar-refractivity contribution in [1.29, 1.82) is 0 Å². The number of hydrogen-bond donors (Lipinski definition) is 1. The van der Waals surface area contributed by atoms with Crippen molar-refractivity contribution in [2.24, 2.45) is 0 Å². The van der Waals surface area contributed by atoms with Gasteiger partial charge < -0.3 is 9.72 Å². The highest BCUT2D eigenvalue weighted by Gasteiger charge is 2.02. The number of hydrogen-bond acceptors (Lipinski definition) is 3. The van der Waals surface area contributed by atoms with Gasteiger partial charge in [-0.05, 0) is 19.1 Å². The molecule has 0 amide bonds. The Bertz CT molecular complexity index is 514. The van der Waals surface area contributed by atoms with E-state index in [0.717, 1.165) is 11.0 Å².